The number of hydrogen-bond acceptors (Lipinski definition) is 3. The number of rotatable bonds is 4. The van der Waals surface area contributed by atoms with Gasteiger partial charge in [-0.3, -0.25) is 4.79 Å². The monoisotopic (exact) mass is 298 g/mol. The minimum absolute atomic E-state index is 0. The van der Waals surface area contributed by atoms with Gasteiger partial charge in [-0.15, -0.1) is 12.4 Å². The molecule has 0 aliphatic carbocycles. The maximum absolute atomic E-state index is 11.9. The van der Waals surface area contributed by atoms with Gasteiger partial charge in [-0.05, 0) is 37.9 Å². The summed E-state index contributed by atoms with van der Waals surface area (Å²) in [5.41, 5.74) is 0. The van der Waals surface area contributed by atoms with Gasteiger partial charge in [-0.25, -0.2) is 0 Å². The summed E-state index contributed by atoms with van der Waals surface area (Å²) in [7, 11) is 0. The SMILES string of the molecule is CC1CCNC(C)C1NC(=O)COc1ccccc1.Cl. The van der Waals surface area contributed by atoms with Gasteiger partial charge in [0, 0.05) is 12.1 Å². The van der Waals surface area contributed by atoms with E-state index >= 15 is 0 Å². The smallest absolute Gasteiger partial charge is 0.258 e. The Kier molecular flexibility index (Phi) is 6.82. The fraction of sp³-hybridized carbons (Fsp3) is 0.533. The Balaban J connectivity index is 0.00000200. The van der Waals surface area contributed by atoms with Gasteiger partial charge >= 0.3 is 0 Å². The van der Waals surface area contributed by atoms with Crippen LogP contribution >= 0.6 is 12.4 Å². The summed E-state index contributed by atoms with van der Waals surface area (Å²) in [4.78, 5) is 11.9. The average molecular weight is 299 g/mol. The van der Waals surface area contributed by atoms with Gasteiger partial charge in [-0.1, -0.05) is 25.1 Å². The fourth-order valence-corrected chi connectivity index (χ4v) is 2.50. The molecule has 20 heavy (non-hydrogen) atoms. The molecule has 1 fully saturated rings. The van der Waals surface area contributed by atoms with Crippen molar-refractivity contribution in [1.82, 2.24) is 10.6 Å². The second-order valence-corrected chi connectivity index (χ2v) is 5.20. The molecule has 0 spiro atoms. The molecule has 5 heteroatoms. The van der Waals surface area contributed by atoms with E-state index in [0.29, 0.717) is 12.0 Å². The number of benzene rings is 1. The molecule has 1 aliphatic heterocycles. The van der Waals surface area contributed by atoms with Crippen molar-refractivity contribution in [1.29, 1.82) is 0 Å². The van der Waals surface area contributed by atoms with Crippen LogP contribution in [-0.2, 0) is 4.79 Å². The molecule has 0 aromatic heterocycles. The van der Waals surface area contributed by atoms with Crippen molar-refractivity contribution in [2.24, 2.45) is 5.92 Å². The summed E-state index contributed by atoms with van der Waals surface area (Å²) in [6.07, 6.45) is 1.09. The number of carbonyl (C=O) groups excluding carboxylic acids is 1. The fourth-order valence-electron chi connectivity index (χ4n) is 2.50. The van der Waals surface area contributed by atoms with Crippen LogP contribution in [0.2, 0.25) is 0 Å². The Morgan fingerprint density at radius 2 is 2.05 bits per heavy atom. The molecule has 1 heterocycles. The van der Waals surface area contributed by atoms with Crippen molar-refractivity contribution < 1.29 is 9.53 Å². The molecule has 3 atom stereocenters. The highest BCUT2D eigenvalue weighted by Gasteiger charge is 2.28. The van der Waals surface area contributed by atoms with E-state index in [4.69, 9.17) is 4.74 Å². The average Bonchev–Trinajstić information content (AvgIpc) is 2.42. The van der Waals surface area contributed by atoms with Crippen molar-refractivity contribution in [3.8, 4) is 5.75 Å². The normalized spacial score (nSPS) is 25.4. The Labute approximate surface area is 126 Å². The van der Waals surface area contributed by atoms with Crippen LogP contribution in [0, 0.1) is 5.92 Å². The molecule has 2 rings (SSSR count). The first-order valence-corrected chi connectivity index (χ1v) is 6.87. The number of amides is 1. The van der Waals surface area contributed by atoms with Crippen LogP contribution in [0.1, 0.15) is 20.3 Å². The predicted molar refractivity (Wildman–Crippen MR) is 82.4 cm³/mol. The third-order valence-corrected chi connectivity index (χ3v) is 3.66. The molecule has 1 saturated heterocycles. The Bertz CT molecular complexity index is 404. The van der Waals surface area contributed by atoms with Crippen molar-refractivity contribution in [3.05, 3.63) is 30.3 Å². The van der Waals surface area contributed by atoms with Crippen LogP contribution in [0.5, 0.6) is 5.75 Å². The molecule has 3 unspecified atom stereocenters. The minimum atomic E-state index is -0.0590. The maximum atomic E-state index is 11.9. The van der Waals surface area contributed by atoms with Gasteiger partial charge in [-0.2, -0.15) is 0 Å². The number of carbonyl (C=O) groups is 1. The first-order valence-electron chi connectivity index (χ1n) is 6.87. The lowest BCUT2D eigenvalue weighted by Gasteiger charge is -2.35. The zero-order chi connectivity index (χ0) is 13.7. The number of hydrogen-bond donors (Lipinski definition) is 2. The first kappa shape index (κ1) is 16.8. The summed E-state index contributed by atoms with van der Waals surface area (Å²) in [6.45, 7) is 5.38. The van der Waals surface area contributed by atoms with E-state index in [1.807, 2.05) is 30.3 Å². The van der Waals surface area contributed by atoms with Gasteiger partial charge < -0.3 is 15.4 Å². The van der Waals surface area contributed by atoms with E-state index in [-0.39, 0.29) is 31.0 Å². The molecular formula is C15H23ClN2O2. The van der Waals surface area contributed by atoms with Crippen LogP contribution in [0.4, 0.5) is 0 Å². The summed E-state index contributed by atoms with van der Waals surface area (Å²) in [5, 5.41) is 6.45. The number of halogens is 1. The van der Waals surface area contributed by atoms with Crippen LogP contribution in [0.3, 0.4) is 0 Å². The largest absolute Gasteiger partial charge is 0.484 e. The van der Waals surface area contributed by atoms with Crippen molar-refractivity contribution >= 4 is 18.3 Å². The van der Waals surface area contributed by atoms with E-state index < -0.39 is 0 Å². The first-order chi connectivity index (χ1) is 9.16. The van der Waals surface area contributed by atoms with E-state index in [2.05, 4.69) is 24.5 Å². The van der Waals surface area contributed by atoms with E-state index in [1.54, 1.807) is 0 Å². The number of ether oxygens (including phenoxy) is 1. The molecular weight excluding hydrogens is 276 g/mol. The van der Waals surface area contributed by atoms with Gasteiger partial charge in [0.25, 0.3) is 5.91 Å². The summed E-state index contributed by atoms with van der Waals surface area (Å²) < 4.78 is 5.45. The van der Waals surface area contributed by atoms with Gasteiger partial charge in [0.2, 0.25) is 0 Å². The highest BCUT2D eigenvalue weighted by atomic mass is 35.5. The van der Waals surface area contributed by atoms with Crippen LogP contribution in [-0.4, -0.2) is 31.1 Å². The van der Waals surface area contributed by atoms with Crippen LogP contribution in [0.15, 0.2) is 30.3 Å². The summed E-state index contributed by atoms with van der Waals surface area (Å²) in [5.74, 6) is 1.16. The molecule has 0 radical (unpaired) electrons. The lowest BCUT2D eigenvalue weighted by molar-refractivity contribution is -0.124. The highest BCUT2D eigenvalue weighted by Crippen LogP contribution is 2.16. The van der Waals surface area contributed by atoms with E-state index in [9.17, 15) is 4.79 Å². The van der Waals surface area contributed by atoms with Crippen LogP contribution < -0.4 is 15.4 Å². The molecule has 1 aromatic rings. The number of nitrogens with one attached hydrogen (secondary N) is 2. The third-order valence-electron chi connectivity index (χ3n) is 3.66. The Hall–Kier alpha value is -1.26. The van der Waals surface area contributed by atoms with Crippen molar-refractivity contribution in [2.45, 2.75) is 32.4 Å². The highest BCUT2D eigenvalue weighted by molar-refractivity contribution is 5.85. The topological polar surface area (TPSA) is 50.4 Å². The molecule has 0 saturated carbocycles. The van der Waals surface area contributed by atoms with E-state index in [1.165, 1.54) is 0 Å². The maximum Gasteiger partial charge on any atom is 0.258 e. The Morgan fingerprint density at radius 3 is 2.70 bits per heavy atom. The molecule has 2 N–H and O–H groups in total. The minimum Gasteiger partial charge on any atom is -0.484 e. The molecule has 1 amide bonds. The third kappa shape index (κ3) is 4.69. The predicted octanol–water partition coefficient (Wildman–Crippen LogP) is 1.99. The summed E-state index contributed by atoms with van der Waals surface area (Å²) >= 11 is 0. The second kappa shape index (κ2) is 8.12. The second-order valence-electron chi connectivity index (χ2n) is 5.20. The standard InChI is InChI=1S/C15H22N2O2.ClH/c1-11-8-9-16-12(2)15(11)17-14(18)10-19-13-6-4-3-5-7-13;/h3-7,11-12,15-16H,8-10H2,1-2H3,(H,17,18);1H. The molecule has 112 valence electrons. The van der Waals surface area contributed by atoms with Crippen molar-refractivity contribution in [2.75, 3.05) is 13.2 Å². The van der Waals surface area contributed by atoms with Gasteiger partial charge in [0.1, 0.15) is 5.75 Å². The summed E-state index contributed by atoms with van der Waals surface area (Å²) in [6, 6.07) is 9.89. The molecule has 1 aliphatic rings. The zero-order valence-electron chi connectivity index (χ0n) is 12.0. The lowest BCUT2D eigenvalue weighted by Crippen LogP contribution is -2.56. The number of piperidine rings is 1. The van der Waals surface area contributed by atoms with E-state index in [0.717, 1.165) is 18.7 Å². The van der Waals surface area contributed by atoms with Crippen molar-refractivity contribution in [3.63, 3.8) is 0 Å². The number of para-hydroxylation sites is 1. The lowest BCUT2D eigenvalue weighted by atomic mass is 9.89. The Morgan fingerprint density at radius 1 is 1.35 bits per heavy atom. The quantitative estimate of drug-likeness (QED) is 0.894. The molecule has 1 aromatic carbocycles. The zero-order valence-corrected chi connectivity index (χ0v) is 12.8. The molecule has 4 nitrogen and oxygen atoms in total. The molecule has 0 bridgehead atoms. The van der Waals surface area contributed by atoms with Gasteiger partial charge in [0.15, 0.2) is 6.61 Å². The van der Waals surface area contributed by atoms with Crippen LogP contribution in [0.25, 0.3) is 0 Å². The van der Waals surface area contributed by atoms with Gasteiger partial charge in [0.05, 0.1) is 0 Å².